The molecule has 1 fully saturated rings. The molecule has 0 amide bonds. The van der Waals surface area contributed by atoms with Gasteiger partial charge >= 0.3 is 0 Å². The van der Waals surface area contributed by atoms with Crippen LogP contribution in [0.3, 0.4) is 0 Å². The zero-order valence-electron chi connectivity index (χ0n) is 12.0. The average Bonchev–Trinajstić information content (AvgIpc) is 3.07. The number of nitrogens with one attached hydrogen (secondary N) is 1. The average molecular weight is 367 g/mol. The highest BCUT2D eigenvalue weighted by atomic mass is 127. The molecule has 0 aliphatic heterocycles. The highest BCUT2D eigenvalue weighted by Crippen LogP contribution is 2.49. The Labute approximate surface area is 129 Å². The molecule has 0 spiro atoms. The second-order valence-corrected chi connectivity index (χ2v) is 5.44. The Morgan fingerprint density at radius 2 is 1.89 bits per heavy atom. The lowest BCUT2D eigenvalue weighted by atomic mass is 10.0. The molecule has 0 saturated heterocycles. The van der Waals surface area contributed by atoms with Crippen LogP contribution in [0.15, 0.2) is 4.99 Å². The van der Waals surface area contributed by atoms with E-state index in [9.17, 15) is 0 Å². The second kappa shape index (κ2) is 9.87. The Bertz CT molecular complexity index is 237. The Morgan fingerprint density at radius 3 is 2.44 bits per heavy atom. The first-order valence-electron chi connectivity index (χ1n) is 7.26. The molecule has 0 aromatic heterocycles. The van der Waals surface area contributed by atoms with E-state index in [2.05, 4.69) is 24.2 Å². The largest absolute Gasteiger partial charge is 0.370 e. The van der Waals surface area contributed by atoms with Crippen molar-refractivity contribution in [3.8, 4) is 0 Å². The smallest absolute Gasteiger partial charge is 0.188 e. The molecule has 0 unspecified atom stereocenters. The van der Waals surface area contributed by atoms with Crippen LogP contribution in [0.4, 0.5) is 0 Å². The van der Waals surface area contributed by atoms with Crippen LogP contribution in [0.1, 0.15) is 65.2 Å². The van der Waals surface area contributed by atoms with E-state index in [1.54, 1.807) is 0 Å². The lowest BCUT2D eigenvalue weighted by Crippen LogP contribution is -2.33. The molecule has 1 saturated carbocycles. The van der Waals surface area contributed by atoms with Crippen LogP contribution in [0.25, 0.3) is 0 Å². The minimum absolute atomic E-state index is 0. The molecular weight excluding hydrogens is 337 g/mol. The van der Waals surface area contributed by atoms with Crippen molar-refractivity contribution in [2.45, 2.75) is 65.2 Å². The number of hydrogen-bond donors (Lipinski definition) is 2. The predicted molar refractivity (Wildman–Crippen MR) is 90.6 cm³/mol. The van der Waals surface area contributed by atoms with Gasteiger partial charge in [-0.15, -0.1) is 24.0 Å². The summed E-state index contributed by atoms with van der Waals surface area (Å²) in [4.78, 5) is 4.48. The molecular formula is C14H30IN3. The molecule has 0 aromatic carbocycles. The lowest BCUT2D eigenvalue weighted by Gasteiger charge is -2.11. The number of guanidine groups is 1. The monoisotopic (exact) mass is 367 g/mol. The fraction of sp³-hybridized carbons (Fsp3) is 0.929. The molecule has 18 heavy (non-hydrogen) atoms. The standard InChI is InChI=1S/C14H29N3.HI/c1-3-5-6-7-11-16-13(15)17-12-14(8-4-2)9-10-14;/h3-12H2,1-2H3,(H3,15,16,17);1H. The minimum Gasteiger partial charge on any atom is -0.370 e. The zero-order chi connectivity index (χ0) is 12.6. The second-order valence-electron chi connectivity index (χ2n) is 5.44. The van der Waals surface area contributed by atoms with E-state index in [0.29, 0.717) is 11.4 Å². The van der Waals surface area contributed by atoms with Crippen LogP contribution in [0.2, 0.25) is 0 Å². The third kappa shape index (κ3) is 7.44. The van der Waals surface area contributed by atoms with Gasteiger partial charge in [0.2, 0.25) is 0 Å². The van der Waals surface area contributed by atoms with E-state index < -0.39 is 0 Å². The van der Waals surface area contributed by atoms with Crippen molar-refractivity contribution in [1.82, 2.24) is 5.32 Å². The highest BCUT2D eigenvalue weighted by Gasteiger charge is 2.41. The first-order valence-corrected chi connectivity index (χ1v) is 7.26. The summed E-state index contributed by atoms with van der Waals surface area (Å²) in [6.45, 7) is 6.37. The molecule has 108 valence electrons. The van der Waals surface area contributed by atoms with Crippen molar-refractivity contribution in [3.05, 3.63) is 0 Å². The molecule has 1 aliphatic carbocycles. The van der Waals surface area contributed by atoms with Gasteiger partial charge in [-0.05, 0) is 31.1 Å². The maximum Gasteiger partial charge on any atom is 0.188 e. The molecule has 3 nitrogen and oxygen atoms in total. The zero-order valence-corrected chi connectivity index (χ0v) is 14.3. The van der Waals surface area contributed by atoms with Gasteiger partial charge in [-0.25, -0.2) is 0 Å². The minimum atomic E-state index is 0. The molecule has 0 heterocycles. The third-order valence-corrected chi connectivity index (χ3v) is 3.66. The predicted octanol–water partition coefficient (Wildman–Crippen LogP) is 3.67. The molecule has 3 N–H and O–H groups in total. The van der Waals surface area contributed by atoms with Crippen molar-refractivity contribution < 1.29 is 0 Å². The summed E-state index contributed by atoms with van der Waals surface area (Å²) < 4.78 is 0. The van der Waals surface area contributed by atoms with Gasteiger partial charge in [0.15, 0.2) is 5.96 Å². The van der Waals surface area contributed by atoms with Gasteiger partial charge in [-0.2, -0.15) is 0 Å². The number of unbranched alkanes of at least 4 members (excludes halogenated alkanes) is 3. The van der Waals surface area contributed by atoms with Gasteiger partial charge in [0.1, 0.15) is 0 Å². The summed E-state index contributed by atoms with van der Waals surface area (Å²) in [7, 11) is 0. The fourth-order valence-electron chi connectivity index (χ4n) is 2.27. The maximum atomic E-state index is 5.86. The molecule has 0 bridgehead atoms. The Kier molecular flexibility index (Phi) is 9.87. The van der Waals surface area contributed by atoms with Gasteiger partial charge in [0, 0.05) is 13.1 Å². The van der Waals surface area contributed by atoms with E-state index >= 15 is 0 Å². The van der Waals surface area contributed by atoms with Crippen LogP contribution in [0.5, 0.6) is 0 Å². The molecule has 4 heteroatoms. The fourth-order valence-corrected chi connectivity index (χ4v) is 2.27. The highest BCUT2D eigenvalue weighted by molar-refractivity contribution is 14.0. The lowest BCUT2D eigenvalue weighted by molar-refractivity contribution is 0.472. The van der Waals surface area contributed by atoms with Crippen molar-refractivity contribution in [1.29, 1.82) is 0 Å². The van der Waals surface area contributed by atoms with Crippen LogP contribution in [-0.2, 0) is 0 Å². The van der Waals surface area contributed by atoms with Crippen molar-refractivity contribution in [2.24, 2.45) is 16.1 Å². The van der Waals surface area contributed by atoms with Crippen LogP contribution in [0, 0.1) is 5.41 Å². The van der Waals surface area contributed by atoms with Gasteiger partial charge in [-0.1, -0.05) is 39.5 Å². The summed E-state index contributed by atoms with van der Waals surface area (Å²) in [5.74, 6) is 0.642. The Morgan fingerprint density at radius 1 is 1.17 bits per heavy atom. The van der Waals surface area contributed by atoms with Crippen molar-refractivity contribution in [3.63, 3.8) is 0 Å². The summed E-state index contributed by atoms with van der Waals surface area (Å²) >= 11 is 0. The summed E-state index contributed by atoms with van der Waals surface area (Å²) in [5, 5.41) is 3.21. The molecule has 1 aliphatic rings. The van der Waals surface area contributed by atoms with Gasteiger partial charge < -0.3 is 11.1 Å². The van der Waals surface area contributed by atoms with Gasteiger partial charge in [0.25, 0.3) is 0 Å². The first kappa shape index (κ1) is 18.0. The van der Waals surface area contributed by atoms with E-state index in [4.69, 9.17) is 5.73 Å². The normalized spacial score (nSPS) is 17.1. The Hall–Kier alpha value is 0. The van der Waals surface area contributed by atoms with Crippen molar-refractivity contribution in [2.75, 3.05) is 13.1 Å². The number of hydrogen-bond acceptors (Lipinski definition) is 1. The third-order valence-electron chi connectivity index (χ3n) is 3.66. The molecule has 0 radical (unpaired) electrons. The SMILES string of the molecule is CCCCCCNC(N)=NCC1(CCC)CC1.I. The van der Waals surface area contributed by atoms with Crippen LogP contribution >= 0.6 is 24.0 Å². The molecule has 0 aromatic rings. The number of nitrogens with zero attached hydrogens (tertiary/aromatic N) is 1. The topological polar surface area (TPSA) is 50.4 Å². The van der Waals surface area contributed by atoms with E-state index in [-0.39, 0.29) is 24.0 Å². The maximum absolute atomic E-state index is 5.86. The van der Waals surface area contributed by atoms with E-state index in [0.717, 1.165) is 13.1 Å². The van der Waals surface area contributed by atoms with Crippen molar-refractivity contribution >= 4 is 29.9 Å². The van der Waals surface area contributed by atoms with Crippen LogP contribution < -0.4 is 11.1 Å². The molecule has 1 rings (SSSR count). The summed E-state index contributed by atoms with van der Waals surface area (Å²) in [5.41, 5.74) is 6.38. The number of halogens is 1. The van der Waals surface area contributed by atoms with Gasteiger partial charge in [0.05, 0.1) is 0 Å². The number of rotatable bonds is 9. The van der Waals surface area contributed by atoms with E-state index in [1.807, 2.05) is 0 Å². The summed E-state index contributed by atoms with van der Waals surface area (Å²) in [6, 6.07) is 0. The van der Waals surface area contributed by atoms with Gasteiger partial charge in [-0.3, -0.25) is 4.99 Å². The Balaban J connectivity index is 0.00000289. The quantitative estimate of drug-likeness (QED) is 0.283. The molecule has 0 atom stereocenters. The number of aliphatic imine (C=N–C) groups is 1. The van der Waals surface area contributed by atoms with Crippen LogP contribution in [-0.4, -0.2) is 19.0 Å². The van der Waals surface area contributed by atoms with E-state index in [1.165, 1.54) is 51.4 Å². The first-order chi connectivity index (χ1) is 8.22. The number of nitrogens with two attached hydrogens (primary N) is 1. The summed E-state index contributed by atoms with van der Waals surface area (Å²) in [6.07, 6.45) is 10.3.